The normalized spacial score (nSPS) is 11.2. The lowest BCUT2D eigenvalue weighted by molar-refractivity contribution is 0.0951. The molecule has 5 nitrogen and oxygen atoms in total. The highest BCUT2D eigenvalue weighted by atomic mass is 32.2. The molecule has 0 saturated heterocycles. The molecule has 2 aromatic rings. The second kappa shape index (κ2) is 7.56. The van der Waals surface area contributed by atoms with Crippen molar-refractivity contribution in [3.8, 4) is 0 Å². The molecule has 9 heteroatoms. The first-order valence-electron chi connectivity index (χ1n) is 7.17. The maximum absolute atomic E-state index is 13.5. The van der Waals surface area contributed by atoms with Crippen molar-refractivity contribution < 1.29 is 26.4 Å². The minimum atomic E-state index is -3.73. The third kappa shape index (κ3) is 4.30. The SMILES string of the molecule is CN(c1ccccc1)S(=O)(=O)CCNC(=O)c1ccc(F)c(F)c1F. The van der Waals surface area contributed by atoms with E-state index in [0.29, 0.717) is 11.8 Å². The van der Waals surface area contributed by atoms with Gasteiger partial charge in [-0.25, -0.2) is 21.6 Å². The number of hydrogen-bond donors (Lipinski definition) is 1. The van der Waals surface area contributed by atoms with Crippen molar-refractivity contribution >= 4 is 21.6 Å². The Bertz CT molecular complexity index is 874. The number of hydrogen-bond acceptors (Lipinski definition) is 3. The van der Waals surface area contributed by atoms with E-state index in [-0.39, 0.29) is 6.54 Å². The van der Waals surface area contributed by atoms with Crippen molar-refractivity contribution in [1.29, 1.82) is 0 Å². The van der Waals surface area contributed by atoms with Crippen LogP contribution >= 0.6 is 0 Å². The first kappa shape index (κ1) is 18.8. The summed E-state index contributed by atoms with van der Waals surface area (Å²) in [5, 5.41) is 2.18. The number of anilines is 1. The smallest absolute Gasteiger partial charge is 0.254 e. The summed E-state index contributed by atoms with van der Waals surface area (Å²) in [7, 11) is -2.36. The van der Waals surface area contributed by atoms with E-state index < -0.39 is 44.7 Å². The zero-order valence-corrected chi connectivity index (χ0v) is 14.0. The van der Waals surface area contributed by atoms with Gasteiger partial charge in [-0.3, -0.25) is 9.10 Å². The summed E-state index contributed by atoms with van der Waals surface area (Å²) >= 11 is 0. The number of para-hydroxylation sites is 1. The second-order valence-corrected chi connectivity index (χ2v) is 7.22. The molecular formula is C16H15F3N2O3S. The van der Waals surface area contributed by atoms with Crippen LogP contribution in [0.3, 0.4) is 0 Å². The molecule has 1 N–H and O–H groups in total. The number of rotatable bonds is 6. The zero-order valence-electron chi connectivity index (χ0n) is 13.2. The van der Waals surface area contributed by atoms with Crippen LogP contribution in [0.15, 0.2) is 42.5 Å². The molecule has 1 amide bonds. The van der Waals surface area contributed by atoms with E-state index in [9.17, 15) is 26.4 Å². The highest BCUT2D eigenvalue weighted by Gasteiger charge is 2.21. The molecular weight excluding hydrogens is 357 g/mol. The standard InChI is InChI=1S/C16H15F3N2O3S/c1-21(11-5-3-2-4-6-11)25(23,24)10-9-20-16(22)12-7-8-13(17)15(19)14(12)18/h2-8H,9-10H2,1H3,(H,20,22). The van der Waals surface area contributed by atoms with E-state index in [1.807, 2.05) is 0 Å². The topological polar surface area (TPSA) is 66.5 Å². The van der Waals surface area contributed by atoms with Gasteiger partial charge in [-0.2, -0.15) is 0 Å². The Morgan fingerprint density at radius 3 is 2.32 bits per heavy atom. The molecule has 2 rings (SSSR count). The fraction of sp³-hybridized carbons (Fsp3) is 0.188. The molecule has 0 fully saturated rings. The minimum Gasteiger partial charge on any atom is -0.351 e. The molecule has 0 heterocycles. The van der Waals surface area contributed by atoms with Crippen LogP contribution in [0.5, 0.6) is 0 Å². The molecule has 0 aliphatic carbocycles. The summed E-state index contributed by atoms with van der Waals surface area (Å²) in [5.41, 5.74) is -0.256. The second-order valence-electron chi connectivity index (χ2n) is 5.10. The van der Waals surface area contributed by atoms with Gasteiger partial charge in [0.15, 0.2) is 17.5 Å². The fourth-order valence-corrected chi connectivity index (χ4v) is 3.10. The van der Waals surface area contributed by atoms with E-state index in [0.717, 1.165) is 10.4 Å². The van der Waals surface area contributed by atoms with Gasteiger partial charge in [0.1, 0.15) is 0 Å². The predicted molar refractivity (Wildman–Crippen MR) is 87.3 cm³/mol. The Hall–Kier alpha value is -2.55. The van der Waals surface area contributed by atoms with Crippen LogP contribution in [0.25, 0.3) is 0 Å². The lowest BCUT2D eigenvalue weighted by Crippen LogP contribution is -2.36. The number of carbonyl (C=O) groups is 1. The van der Waals surface area contributed by atoms with Gasteiger partial charge in [0.05, 0.1) is 17.0 Å². The van der Waals surface area contributed by atoms with E-state index in [1.54, 1.807) is 30.3 Å². The largest absolute Gasteiger partial charge is 0.351 e. The number of sulfonamides is 1. The quantitative estimate of drug-likeness (QED) is 0.792. The molecule has 0 atom stereocenters. The van der Waals surface area contributed by atoms with Gasteiger partial charge in [-0.05, 0) is 24.3 Å². The van der Waals surface area contributed by atoms with E-state index in [2.05, 4.69) is 5.32 Å². The number of amides is 1. The molecule has 134 valence electrons. The van der Waals surface area contributed by atoms with Gasteiger partial charge in [0.25, 0.3) is 5.91 Å². The third-order valence-electron chi connectivity index (χ3n) is 3.46. The monoisotopic (exact) mass is 372 g/mol. The summed E-state index contributed by atoms with van der Waals surface area (Å²) < 4.78 is 65.0. The van der Waals surface area contributed by atoms with Crippen LogP contribution in [0.2, 0.25) is 0 Å². The van der Waals surface area contributed by atoms with Gasteiger partial charge in [-0.1, -0.05) is 18.2 Å². The number of nitrogens with one attached hydrogen (secondary N) is 1. The minimum absolute atomic E-state index is 0.323. The number of benzene rings is 2. The highest BCUT2D eigenvalue weighted by molar-refractivity contribution is 7.92. The summed E-state index contributed by atoms with van der Waals surface area (Å²) in [4.78, 5) is 11.8. The molecule has 0 bridgehead atoms. The summed E-state index contributed by atoms with van der Waals surface area (Å²) in [6, 6.07) is 9.70. The van der Waals surface area contributed by atoms with Crippen LogP contribution in [-0.4, -0.2) is 33.7 Å². The highest BCUT2D eigenvalue weighted by Crippen LogP contribution is 2.16. The summed E-state index contributed by atoms with van der Waals surface area (Å²) in [6.07, 6.45) is 0. The first-order chi connectivity index (χ1) is 11.7. The van der Waals surface area contributed by atoms with Gasteiger partial charge in [-0.15, -0.1) is 0 Å². The number of carbonyl (C=O) groups excluding carboxylic acids is 1. The Labute approximate surface area is 143 Å². The molecule has 0 saturated carbocycles. The van der Waals surface area contributed by atoms with Crippen LogP contribution in [-0.2, 0) is 10.0 Å². The Morgan fingerprint density at radius 1 is 1.04 bits per heavy atom. The average molecular weight is 372 g/mol. The number of nitrogens with zero attached hydrogens (tertiary/aromatic N) is 1. The molecule has 0 radical (unpaired) electrons. The van der Waals surface area contributed by atoms with Crippen LogP contribution in [0, 0.1) is 17.5 Å². The van der Waals surface area contributed by atoms with Crippen LogP contribution < -0.4 is 9.62 Å². The molecule has 2 aromatic carbocycles. The van der Waals surface area contributed by atoms with Crippen molar-refractivity contribution in [2.24, 2.45) is 0 Å². The lowest BCUT2D eigenvalue weighted by atomic mass is 10.2. The van der Waals surface area contributed by atoms with Gasteiger partial charge >= 0.3 is 0 Å². The molecule has 0 spiro atoms. The van der Waals surface area contributed by atoms with Crippen LogP contribution in [0.1, 0.15) is 10.4 Å². The fourth-order valence-electron chi connectivity index (χ4n) is 2.03. The lowest BCUT2D eigenvalue weighted by Gasteiger charge is -2.19. The van der Waals surface area contributed by atoms with Gasteiger partial charge < -0.3 is 5.32 Å². The average Bonchev–Trinajstić information content (AvgIpc) is 2.59. The first-order valence-corrected chi connectivity index (χ1v) is 8.78. The number of halogens is 3. The Kier molecular flexibility index (Phi) is 5.68. The van der Waals surface area contributed by atoms with Crippen molar-refractivity contribution in [3.63, 3.8) is 0 Å². The Balaban J connectivity index is 2.00. The molecule has 0 aromatic heterocycles. The van der Waals surface area contributed by atoms with Crippen molar-refractivity contribution in [2.45, 2.75) is 0 Å². The maximum Gasteiger partial charge on any atom is 0.254 e. The van der Waals surface area contributed by atoms with E-state index in [1.165, 1.54) is 7.05 Å². The molecule has 0 unspecified atom stereocenters. The maximum atomic E-state index is 13.5. The Morgan fingerprint density at radius 2 is 1.68 bits per heavy atom. The summed E-state index contributed by atoms with van der Waals surface area (Å²) in [5.74, 6) is -6.28. The van der Waals surface area contributed by atoms with Crippen molar-refractivity contribution in [1.82, 2.24) is 5.32 Å². The van der Waals surface area contributed by atoms with Crippen molar-refractivity contribution in [3.05, 3.63) is 65.5 Å². The van der Waals surface area contributed by atoms with E-state index in [4.69, 9.17) is 0 Å². The molecule has 0 aliphatic rings. The zero-order chi connectivity index (χ0) is 18.6. The van der Waals surface area contributed by atoms with Crippen molar-refractivity contribution in [2.75, 3.05) is 23.7 Å². The molecule has 0 aliphatic heterocycles. The third-order valence-corrected chi connectivity index (χ3v) is 5.23. The predicted octanol–water partition coefficient (Wildman–Crippen LogP) is 2.30. The molecule has 25 heavy (non-hydrogen) atoms. The van der Waals surface area contributed by atoms with Crippen LogP contribution in [0.4, 0.5) is 18.9 Å². The van der Waals surface area contributed by atoms with Gasteiger partial charge in [0, 0.05) is 13.6 Å². The summed E-state index contributed by atoms with van der Waals surface area (Å²) in [6.45, 7) is -0.323. The van der Waals surface area contributed by atoms with E-state index >= 15 is 0 Å². The van der Waals surface area contributed by atoms with Gasteiger partial charge in [0.2, 0.25) is 10.0 Å².